The average Bonchev–Trinajstić information content (AvgIpc) is 2.79. The van der Waals surface area contributed by atoms with Gasteiger partial charge in [0.1, 0.15) is 6.54 Å². The van der Waals surface area contributed by atoms with Crippen LogP contribution in [0, 0.1) is 6.92 Å². The number of aromatic nitrogens is 1. The van der Waals surface area contributed by atoms with Crippen LogP contribution < -0.4 is 4.31 Å². The highest BCUT2D eigenvalue weighted by atomic mass is 35.5. The van der Waals surface area contributed by atoms with Gasteiger partial charge in [-0.05, 0) is 60.4 Å². The fraction of sp³-hybridized carbons (Fsp3) is 0.217. The number of hydrogen-bond donors (Lipinski definition) is 0. The second-order valence-electron chi connectivity index (χ2n) is 7.49. The van der Waals surface area contributed by atoms with E-state index in [0.717, 1.165) is 21.0 Å². The minimum absolute atomic E-state index is 0.107. The van der Waals surface area contributed by atoms with Gasteiger partial charge >= 0.3 is 0 Å². The molecule has 8 heteroatoms. The predicted octanol–water partition coefficient (Wildman–Crippen LogP) is 3.82. The standard InChI is InChI=1S/C23H22ClN3O3S/c1-17-7-8-21(24)22(13-17)27(31(29,30)20-5-3-2-4-6-20)16-23(28)26-12-10-18-14-25-11-9-19(18)15-26/h2-9,11,13-14H,10,12,15-16H2,1H3. The summed E-state index contributed by atoms with van der Waals surface area (Å²) in [5.41, 5.74) is 3.28. The molecule has 0 fully saturated rings. The summed E-state index contributed by atoms with van der Waals surface area (Å²) in [6, 6.07) is 15.1. The minimum Gasteiger partial charge on any atom is -0.336 e. The van der Waals surface area contributed by atoms with Crippen LogP contribution in [0.5, 0.6) is 0 Å². The van der Waals surface area contributed by atoms with Crippen LogP contribution in [0.4, 0.5) is 5.69 Å². The highest BCUT2D eigenvalue weighted by Gasteiger charge is 2.31. The van der Waals surface area contributed by atoms with Crippen molar-refractivity contribution in [3.05, 3.63) is 88.7 Å². The Morgan fingerprint density at radius 2 is 1.90 bits per heavy atom. The van der Waals surface area contributed by atoms with Crippen LogP contribution in [-0.2, 0) is 27.8 Å². The number of sulfonamides is 1. The van der Waals surface area contributed by atoms with E-state index in [-0.39, 0.29) is 22.4 Å². The zero-order valence-electron chi connectivity index (χ0n) is 17.0. The van der Waals surface area contributed by atoms with E-state index in [0.29, 0.717) is 25.2 Å². The molecule has 0 spiro atoms. The number of fused-ring (bicyclic) bond motifs is 1. The topological polar surface area (TPSA) is 70.6 Å². The predicted molar refractivity (Wildman–Crippen MR) is 121 cm³/mol. The van der Waals surface area contributed by atoms with Crippen molar-refractivity contribution in [3.63, 3.8) is 0 Å². The van der Waals surface area contributed by atoms with E-state index in [4.69, 9.17) is 11.6 Å². The maximum atomic E-state index is 13.5. The monoisotopic (exact) mass is 455 g/mol. The van der Waals surface area contributed by atoms with E-state index in [1.54, 1.807) is 47.5 Å². The Balaban J connectivity index is 1.69. The van der Waals surface area contributed by atoms with Crippen LogP contribution in [0.25, 0.3) is 0 Å². The molecule has 0 aliphatic carbocycles. The van der Waals surface area contributed by atoms with Gasteiger partial charge in [0, 0.05) is 25.5 Å². The molecule has 2 aromatic carbocycles. The Kier molecular flexibility index (Phi) is 5.98. The summed E-state index contributed by atoms with van der Waals surface area (Å²) >= 11 is 6.38. The first kappa shape index (κ1) is 21.3. The van der Waals surface area contributed by atoms with E-state index >= 15 is 0 Å². The number of rotatable bonds is 5. The van der Waals surface area contributed by atoms with E-state index in [1.807, 2.05) is 19.2 Å². The lowest BCUT2D eigenvalue weighted by Gasteiger charge is -2.32. The number of carbonyl (C=O) groups is 1. The molecule has 1 amide bonds. The van der Waals surface area contributed by atoms with E-state index in [1.165, 1.54) is 12.1 Å². The lowest BCUT2D eigenvalue weighted by molar-refractivity contribution is -0.130. The summed E-state index contributed by atoms with van der Waals surface area (Å²) < 4.78 is 28.1. The number of carbonyl (C=O) groups excluding carboxylic acids is 1. The largest absolute Gasteiger partial charge is 0.336 e. The number of halogens is 1. The van der Waals surface area contributed by atoms with Crippen molar-refractivity contribution in [2.45, 2.75) is 24.8 Å². The van der Waals surface area contributed by atoms with E-state index in [9.17, 15) is 13.2 Å². The lowest BCUT2D eigenvalue weighted by atomic mass is 10.0. The van der Waals surface area contributed by atoms with Crippen molar-refractivity contribution in [3.8, 4) is 0 Å². The van der Waals surface area contributed by atoms with Crippen LogP contribution in [0.3, 0.4) is 0 Å². The molecular weight excluding hydrogens is 434 g/mol. The van der Waals surface area contributed by atoms with Gasteiger partial charge in [-0.25, -0.2) is 8.42 Å². The zero-order chi connectivity index (χ0) is 22.0. The molecule has 6 nitrogen and oxygen atoms in total. The second kappa shape index (κ2) is 8.69. The zero-order valence-corrected chi connectivity index (χ0v) is 18.6. The molecular formula is C23H22ClN3O3S. The van der Waals surface area contributed by atoms with Crippen LogP contribution in [-0.4, -0.2) is 37.3 Å². The summed E-state index contributed by atoms with van der Waals surface area (Å²) in [7, 11) is -4.00. The molecule has 1 aromatic heterocycles. The van der Waals surface area contributed by atoms with E-state index in [2.05, 4.69) is 4.98 Å². The molecule has 0 radical (unpaired) electrons. The molecule has 0 bridgehead atoms. The maximum Gasteiger partial charge on any atom is 0.264 e. The molecule has 2 heterocycles. The quantitative estimate of drug-likeness (QED) is 0.586. The smallest absolute Gasteiger partial charge is 0.264 e. The molecule has 1 aliphatic heterocycles. The third-order valence-electron chi connectivity index (χ3n) is 5.35. The molecule has 0 atom stereocenters. The summed E-state index contributed by atoms with van der Waals surface area (Å²) in [6.07, 6.45) is 4.20. The Labute approximate surface area is 187 Å². The third kappa shape index (κ3) is 4.43. The van der Waals surface area contributed by atoms with Crippen molar-refractivity contribution in [1.29, 1.82) is 0 Å². The molecule has 0 unspecified atom stereocenters. The molecule has 3 aromatic rings. The highest BCUT2D eigenvalue weighted by molar-refractivity contribution is 7.92. The number of nitrogens with zero attached hydrogens (tertiary/aromatic N) is 3. The summed E-state index contributed by atoms with van der Waals surface area (Å²) in [5.74, 6) is -0.278. The molecule has 4 rings (SSSR count). The first-order chi connectivity index (χ1) is 14.9. The first-order valence-electron chi connectivity index (χ1n) is 9.90. The number of anilines is 1. The molecule has 1 aliphatic rings. The summed E-state index contributed by atoms with van der Waals surface area (Å²) in [5, 5.41) is 0.271. The fourth-order valence-electron chi connectivity index (χ4n) is 3.64. The first-order valence-corrected chi connectivity index (χ1v) is 11.7. The molecule has 31 heavy (non-hydrogen) atoms. The van der Waals surface area contributed by atoms with Gasteiger partial charge < -0.3 is 4.90 Å². The van der Waals surface area contributed by atoms with Crippen LogP contribution in [0.2, 0.25) is 5.02 Å². The van der Waals surface area contributed by atoms with Crippen molar-refractivity contribution in [2.24, 2.45) is 0 Å². The normalized spacial score (nSPS) is 13.5. The molecule has 0 saturated heterocycles. The third-order valence-corrected chi connectivity index (χ3v) is 7.44. The Bertz CT molecular complexity index is 1220. The maximum absolute atomic E-state index is 13.5. The highest BCUT2D eigenvalue weighted by Crippen LogP contribution is 2.32. The lowest BCUT2D eigenvalue weighted by Crippen LogP contribution is -2.45. The van der Waals surface area contributed by atoms with Crippen molar-refractivity contribution >= 4 is 33.2 Å². The van der Waals surface area contributed by atoms with Crippen LogP contribution in [0.1, 0.15) is 16.7 Å². The van der Waals surface area contributed by atoms with Gasteiger partial charge in [-0.1, -0.05) is 35.9 Å². The van der Waals surface area contributed by atoms with E-state index < -0.39 is 10.0 Å². The summed E-state index contributed by atoms with van der Waals surface area (Å²) in [4.78, 5) is 19.1. The fourth-order valence-corrected chi connectivity index (χ4v) is 5.36. The number of hydrogen-bond acceptors (Lipinski definition) is 4. The number of pyridine rings is 1. The van der Waals surface area contributed by atoms with Gasteiger partial charge in [-0.3, -0.25) is 14.1 Å². The summed E-state index contributed by atoms with van der Waals surface area (Å²) in [6.45, 7) is 2.46. The van der Waals surface area contributed by atoms with Crippen LogP contribution in [0.15, 0.2) is 71.9 Å². The van der Waals surface area contributed by atoms with Crippen molar-refractivity contribution in [2.75, 3.05) is 17.4 Å². The second-order valence-corrected chi connectivity index (χ2v) is 9.76. The van der Waals surface area contributed by atoms with Gasteiger partial charge in [0.2, 0.25) is 5.91 Å². The number of benzene rings is 2. The number of aryl methyl sites for hydroxylation is 1. The minimum atomic E-state index is -4.00. The van der Waals surface area contributed by atoms with Gasteiger partial charge in [-0.15, -0.1) is 0 Å². The van der Waals surface area contributed by atoms with Gasteiger partial charge in [0.05, 0.1) is 15.6 Å². The van der Waals surface area contributed by atoms with Gasteiger partial charge in [-0.2, -0.15) is 0 Å². The molecule has 0 saturated carbocycles. The van der Waals surface area contributed by atoms with Crippen molar-refractivity contribution < 1.29 is 13.2 Å². The van der Waals surface area contributed by atoms with Crippen molar-refractivity contribution in [1.82, 2.24) is 9.88 Å². The Morgan fingerprint density at radius 1 is 1.13 bits per heavy atom. The van der Waals surface area contributed by atoms with Gasteiger partial charge in [0.15, 0.2) is 0 Å². The Hall–Kier alpha value is -2.90. The average molecular weight is 456 g/mol. The van der Waals surface area contributed by atoms with Crippen LogP contribution >= 0.6 is 11.6 Å². The molecule has 160 valence electrons. The Morgan fingerprint density at radius 3 is 2.68 bits per heavy atom. The SMILES string of the molecule is Cc1ccc(Cl)c(N(CC(=O)N2CCc3cnccc3C2)S(=O)(=O)c2ccccc2)c1. The molecule has 0 N–H and O–H groups in total. The number of amides is 1. The van der Waals surface area contributed by atoms with Gasteiger partial charge in [0.25, 0.3) is 10.0 Å².